The van der Waals surface area contributed by atoms with Crippen LogP contribution in [0.25, 0.3) is 17.5 Å². The Morgan fingerprint density at radius 2 is 1.89 bits per heavy atom. The van der Waals surface area contributed by atoms with E-state index in [0.717, 1.165) is 25.0 Å². The van der Waals surface area contributed by atoms with Gasteiger partial charge in [0.05, 0.1) is 11.5 Å². The van der Waals surface area contributed by atoms with Crippen LogP contribution in [0.5, 0.6) is 0 Å². The van der Waals surface area contributed by atoms with Gasteiger partial charge in [0.2, 0.25) is 0 Å². The highest BCUT2D eigenvalue weighted by atomic mass is 19.1. The summed E-state index contributed by atoms with van der Waals surface area (Å²) in [5, 5.41) is 9.63. The maximum atomic E-state index is 14.5. The van der Waals surface area contributed by atoms with E-state index in [1.54, 1.807) is 0 Å². The van der Waals surface area contributed by atoms with Gasteiger partial charge in [-0.25, -0.2) is 18.2 Å². The maximum absolute atomic E-state index is 14.5. The van der Waals surface area contributed by atoms with Crippen LogP contribution < -0.4 is 11.1 Å². The second kappa shape index (κ2) is 7.14. The summed E-state index contributed by atoms with van der Waals surface area (Å²) in [5.41, 5.74) is 5.92. The number of pyridine rings is 1. The van der Waals surface area contributed by atoms with Gasteiger partial charge in [0.1, 0.15) is 5.69 Å². The Bertz CT molecular complexity index is 909. The number of halogens is 3. The summed E-state index contributed by atoms with van der Waals surface area (Å²) >= 11 is 0. The van der Waals surface area contributed by atoms with E-state index in [0.29, 0.717) is 17.8 Å². The number of hydrogen-bond donors (Lipinski definition) is 3. The summed E-state index contributed by atoms with van der Waals surface area (Å²) in [5.74, 6) is -0.615. The molecule has 0 amide bonds. The van der Waals surface area contributed by atoms with Crippen LogP contribution in [0.3, 0.4) is 0 Å². The van der Waals surface area contributed by atoms with E-state index in [1.165, 1.54) is 19.8 Å². The number of aromatic amines is 1. The maximum Gasteiger partial charge on any atom is 0.168 e. The molecule has 2 unspecified atom stereocenters. The number of rotatable bonds is 4. The Kier molecular flexibility index (Phi) is 4.81. The quantitative estimate of drug-likeness (QED) is 0.693. The van der Waals surface area contributed by atoms with Gasteiger partial charge >= 0.3 is 0 Å². The molecule has 28 heavy (non-hydrogen) atoms. The SMILES string of the molecule is CC(F)=Cc1c(N)n[nH]c1-c1nc(NC2C3CCC(CC3)C2C)c(F)cc1F. The molecule has 3 saturated carbocycles. The minimum Gasteiger partial charge on any atom is -0.382 e. The first kappa shape index (κ1) is 18.8. The lowest BCUT2D eigenvalue weighted by Gasteiger charge is -2.47. The van der Waals surface area contributed by atoms with Crippen LogP contribution in [0, 0.1) is 29.4 Å². The van der Waals surface area contributed by atoms with Gasteiger partial charge in [-0.2, -0.15) is 5.10 Å². The lowest BCUT2D eigenvalue weighted by atomic mass is 9.62. The number of aromatic nitrogens is 3. The molecule has 3 aliphatic carbocycles. The van der Waals surface area contributed by atoms with Gasteiger partial charge in [-0.15, -0.1) is 0 Å². The summed E-state index contributed by atoms with van der Waals surface area (Å²) in [7, 11) is 0. The first-order chi connectivity index (χ1) is 13.3. The third-order valence-corrected chi connectivity index (χ3v) is 6.28. The predicted octanol–water partition coefficient (Wildman–Crippen LogP) is 4.90. The Labute approximate surface area is 161 Å². The number of hydrogen-bond acceptors (Lipinski definition) is 4. The average Bonchev–Trinajstić information content (AvgIpc) is 3.00. The highest BCUT2D eigenvalue weighted by Crippen LogP contribution is 2.46. The van der Waals surface area contributed by atoms with Crippen molar-refractivity contribution in [3.8, 4) is 11.4 Å². The third-order valence-electron chi connectivity index (χ3n) is 6.28. The van der Waals surface area contributed by atoms with E-state index in [4.69, 9.17) is 5.73 Å². The fraction of sp³-hybridized carbons (Fsp3) is 0.500. The van der Waals surface area contributed by atoms with Crippen molar-refractivity contribution in [2.45, 2.75) is 45.6 Å². The fourth-order valence-electron chi connectivity index (χ4n) is 4.79. The second-order valence-corrected chi connectivity index (χ2v) is 7.98. The molecule has 2 aromatic heterocycles. The Hall–Kier alpha value is -2.51. The zero-order valence-electron chi connectivity index (χ0n) is 15.9. The van der Waals surface area contributed by atoms with Crippen LogP contribution in [-0.2, 0) is 0 Å². The summed E-state index contributed by atoms with van der Waals surface area (Å²) < 4.78 is 42.4. The van der Waals surface area contributed by atoms with Gasteiger partial charge < -0.3 is 11.1 Å². The predicted molar refractivity (Wildman–Crippen MR) is 103 cm³/mol. The molecule has 0 aliphatic heterocycles. The largest absolute Gasteiger partial charge is 0.382 e. The number of anilines is 2. The minimum absolute atomic E-state index is 0.000807. The molecule has 0 aromatic carbocycles. The molecule has 150 valence electrons. The molecule has 2 heterocycles. The van der Waals surface area contributed by atoms with Gasteiger partial charge in [0.25, 0.3) is 0 Å². The summed E-state index contributed by atoms with van der Waals surface area (Å²) in [6, 6.07) is 0.899. The molecule has 0 saturated heterocycles. The second-order valence-electron chi connectivity index (χ2n) is 7.98. The normalized spacial score (nSPS) is 27.2. The number of H-pyrrole nitrogens is 1. The molecule has 3 aliphatic rings. The van der Waals surface area contributed by atoms with Crippen LogP contribution in [-0.4, -0.2) is 21.2 Å². The van der Waals surface area contributed by atoms with Crippen molar-refractivity contribution in [2.24, 2.45) is 17.8 Å². The van der Waals surface area contributed by atoms with Gasteiger partial charge in [0, 0.05) is 17.7 Å². The molecule has 8 heteroatoms. The molecule has 3 fully saturated rings. The zero-order chi connectivity index (χ0) is 20.0. The highest BCUT2D eigenvalue weighted by molar-refractivity contribution is 5.77. The summed E-state index contributed by atoms with van der Waals surface area (Å²) in [6.45, 7) is 3.43. The molecule has 5 nitrogen and oxygen atoms in total. The molecule has 0 spiro atoms. The third kappa shape index (κ3) is 3.25. The average molecular weight is 391 g/mol. The number of fused-ring (bicyclic) bond motifs is 3. The van der Waals surface area contributed by atoms with E-state index in [1.807, 2.05) is 0 Å². The Morgan fingerprint density at radius 1 is 1.21 bits per heavy atom. The molecule has 5 rings (SSSR count). The zero-order valence-corrected chi connectivity index (χ0v) is 15.9. The lowest BCUT2D eigenvalue weighted by molar-refractivity contribution is 0.0926. The standard InChI is InChI=1S/C20H24F3N5/c1-9(21)7-13-17(27-28-19(13)24)18-14(22)8-15(23)20(26-18)25-16-10(2)11-3-5-12(16)6-4-11/h7-8,10-12,16H,3-6H2,1-2H3,(H,25,26)(H3,24,27,28). The van der Waals surface area contributed by atoms with Crippen LogP contribution in [0.4, 0.5) is 24.8 Å². The van der Waals surface area contributed by atoms with Gasteiger partial charge in [-0.1, -0.05) is 6.92 Å². The fourth-order valence-corrected chi connectivity index (χ4v) is 4.79. The van der Waals surface area contributed by atoms with Crippen LogP contribution in [0.15, 0.2) is 11.9 Å². The van der Waals surface area contributed by atoms with E-state index in [-0.39, 0.29) is 34.6 Å². The molecular weight excluding hydrogens is 367 g/mol. The monoisotopic (exact) mass is 391 g/mol. The number of allylic oxidation sites excluding steroid dienone is 1. The Balaban J connectivity index is 1.71. The lowest BCUT2D eigenvalue weighted by Crippen LogP contribution is -2.47. The Morgan fingerprint density at radius 3 is 2.54 bits per heavy atom. The number of nitrogens with zero attached hydrogens (tertiary/aromatic N) is 2. The first-order valence-electron chi connectivity index (χ1n) is 9.65. The molecule has 2 aromatic rings. The van der Waals surface area contributed by atoms with Gasteiger partial charge in [0.15, 0.2) is 23.3 Å². The molecule has 2 atom stereocenters. The van der Waals surface area contributed by atoms with Gasteiger partial charge in [-0.3, -0.25) is 5.10 Å². The van der Waals surface area contributed by atoms with Crippen molar-refractivity contribution < 1.29 is 13.2 Å². The van der Waals surface area contributed by atoms with Crippen LogP contribution in [0.1, 0.15) is 45.1 Å². The number of nitrogen functional groups attached to an aromatic ring is 1. The molecule has 4 N–H and O–H groups in total. The van der Waals surface area contributed by atoms with Crippen LogP contribution in [0.2, 0.25) is 0 Å². The number of nitrogens with one attached hydrogen (secondary N) is 2. The van der Waals surface area contributed by atoms with Crippen molar-refractivity contribution in [1.29, 1.82) is 0 Å². The van der Waals surface area contributed by atoms with Crippen molar-refractivity contribution in [3.63, 3.8) is 0 Å². The molecular formula is C20H24F3N5. The molecule has 0 radical (unpaired) electrons. The van der Waals surface area contributed by atoms with E-state index >= 15 is 0 Å². The topological polar surface area (TPSA) is 79.6 Å². The first-order valence-corrected chi connectivity index (χ1v) is 9.65. The minimum atomic E-state index is -0.865. The van der Waals surface area contributed by atoms with E-state index in [2.05, 4.69) is 27.4 Å². The number of nitrogens with two attached hydrogens (primary N) is 1. The van der Waals surface area contributed by atoms with Crippen molar-refractivity contribution >= 4 is 17.7 Å². The highest BCUT2D eigenvalue weighted by Gasteiger charge is 2.41. The molecule has 2 bridgehead atoms. The van der Waals surface area contributed by atoms with E-state index in [9.17, 15) is 13.2 Å². The van der Waals surface area contributed by atoms with Crippen molar-refractivity contribution in [1.82, 2.24) is 15.2 Å². The summed E-state index contributed by atoms with van der Waals surface area (Å²) in [6.07, 6.45) is 5.79. The van der Waals surface area contributed by atoms with Crippen LogP contribution >= 0.6 is 0 Å². The van der Waals surface area contributed by atoms with E-state index < -0.39 is 17.5 Å². The van der Waals surface area contributed by atoms with Crippen molar-refractivity contribution in [2.75, 3.05) is 11.1 Å². The smallest absolute Gasteiger partial charge is 0.168 e. The van der Waals surface area contributed by atoms with Crippen molar-refractivity contribution in [3.05, 3.63) is 29.1 Å². The summed E-state index contributed by atoms with van der Waals surface area (Å²) in [4.78, 5) is 4.20. The van der Waals surface area contributed by atoms with Gasteiger partial charge in [-0.05, 0) is 56.4 Å².